The van der Waals surface area contributed by atoms with Gasteiger partial charge >= 0.3 is 0 Å². The van der Waals surface area contributed by atoms with Crippen LogP contribution < -0.4 is 19.6 Å². The van der Waals surface area contributed by atoms with Crippen LogP contribution in [0.3, 0.4) is 0 Å². The van der Waals surface area contributed by atoms with Gasteiger partial charge in [0.25, 0.3) is 0 Å². The van der Waals surface area contributed by atoms with E-state index in [0.717, 1.165) is 22.4 Å². The van der Waals surface area contributed by atoms with Crippen molar-refractivity contribution in [3.63, 3.8) is 0 Å². The van der Waals surface area contributed by atoms with Gasteiger partial charge in [0.2, 0.25) is 0 Å². The summed E-state index contributed by atoms with van der Waals surface area (Å²) in [6, 6.07) is 20.5. The number of hydrogen-bond acceptors (Lipinski definition) is 5. The first-order valence-corrected chi connectivity index (χ1v) is 9.07. The quantitative estimate of drug-likeness (QED) is 0.473. The van der Waals surface area contributed by atoms with Crippen molar-refractivity contribution in [1.29, 1.82) is 0 Å². The molecule has 0 atom stereocenters. The summed E-state index contributed by atoms with van der Waals surface area (Å²) in [5.41, 5.74) is 3.27. The van der Waals surface area contributed by atoms with Gasteiger partial charge in [0.05, 0.1) is 26.7 Å². The van der Waals surface area contributed by atoms with Gasteiger partial charge in [-0.3, -0.25) is 4.79 Å². The van der Waals surface area contributed by atoms with Crippen LogP contribution in [-0.4, -0.2) is 21.3 Å². The summed E-state index contributed by atoms with van der Waals surface area (Å²) in [5, 5.41) is 0.446. The largest absolute Gasteiger partial charge is 0.497 e. The summed E-state index contributed by atoms with van der Waals surface area (Å²) in [4.78, 5) is 12.6. The van der Waals surface area contributed by atoms with E-state index in [1.54, 1.807) is 26.4 Å². The lowest BCUT2D eigenvalue weighted by Gasteiger charge is -2.10. The van der Waals surface area contributed by atoms with Crippen LogP contribution in [0.2, 0.25) is 0 Å². The summed E-state index contributed by atoms with van der Waals surface area (Å²) < 4.78 is 21.8. The van der Waals surface area contributed by atoms with Crippen LogP contribution in [-0.2, 0) is 0 Å². The Morgan fingerprint density at radius 3 is 1.79 bits per heavy atom. The van der Waals surface area contributed by atoms with E-state index in [1.807, 2.05) is 48.5 Å². The molecule has 0 bridgehead atoms. The molecule has 1 aromatic heterocycles. The van der Waals surface area contributed by atoms with Crippen molar-refractivity contribution in [2.24, 2.45) is 0 Å². The fraction of sp³-hybridized carbons (Fsp3) is 0.125. The highest BCUT2D eigenvalue weighted by Gasteiger charge is 2.12. The lowest BCUT2D eigenvalue weighted by Crippen LogP contribution is -2.02. The van der Waals surface area contributed by atoms with Crippen molar-refractivity contribution in [1.82, 2.24) is 0 Å². The molecule has 4 rings (SSSR count). The van der Waals surface area contributed by atoms with Crippen LogP contribution in [0.15, 0.2) is 75.9 Å². The van der Waals surface area contributed by atoms with Crippen molar-refractivity contribution in [2.45, 2.75) is 0 Å². The van der Waals surface area contributed by atoms with E-state index in [-0.39, 0.29) is 5.43 Å². The SMILES string of the molecule is COc1ccc(-c2ccc(-c3cc(=O)c4cc(OC)c(OC)cc4o3)cc2)cc1. The molecule has 5 nitrogen and oxygen atoms in total. The molecule has 5 heteroatoms. The maximum Gasteiger partial charge on any atom is 0.193 e. The van der Waals surface area contributed by atoms with Crippen molar-refractivity contribution in [3.05, 3.63) is 77.0 Å². The van der Waals surface area contributed by atoms with Gasteiger partial charge in [-0.1, -0.05) is 36.4 Å². The average molecular weight is 388 g/mol. The third kappa shape index (κ3) is 3.55. The van der Waals surface area contributed by atoms with Crippen molar-refractivity contribution in [3.8, 4) is 39.7 Å². The highest BCUT2D eigenvalue weighted by molar-refractivity contribution is 5.82. The highest BCUT2D eigenvalue weighted by atomic mass is 16.5. The standard InChI is InChI=1S/C24H20O5/c1-26-18-10-8-16(9-11-18)15-4-6-17(7-5-15)21-13-20(25)19-12-23(27-2)24(28-3)14-22(19)29-21/h4-14H,1-3H3. The molecule has 0 unspecified atom stereocenters. The van der Waals surface area contributed by atoms with E-state index < -0.39 is 0 Å². The van der Waals surface area contributed by atoms with Crippen molar-refractivity contribution in [2.75, 3.05) is 21.3 Å². The Balaban J connectivity index is 1.73. The Bertz CT molecular complexity index is 1210. The molecule has 146 valence electrons. The zero-order chi connectivity index (χ0) is 20.4. The summed E-state index contributed by atoms with van der Waals surface area (Å²) >= 11 is 0. The van der Waals surface area contributed by atoms with Gasteiger partial charge in [0.15, 0.2) is 16.9 Å². The molecule has 0 radical (unpaired) electrons. The van der Waals surface area contributed by atoms with E-state index in [0.29, 0.717) is 28.2 Å². The molecule has 0 N–H and O–H groups in total. The topological polar surface area (TPSA) is 57.9 Å². The number of hydrogen-bond donors (Lipinski definition) is 0. The molecule has 3 aromatic carbocycles. The lowest BCUT2D eigenvalue weighted by molar-refractivity contribution is 0.355. The van der Waals surface area contributed by atoms with E-state index in [4.69, 9.17) is 18.6 Å². The van der Waals surface area contributed by atoms with Crippen LogP contribution in [0.25, 0.3) is 33.4 Å². The minimum Gasteiger partial charge on any atom is -0.497 e. The van der Waals surface area contributed by atoms with Gasteiger partial charge in [-0.05, 0) is 29.3 Å². The molecule has 4 aromatic rings. The Kier molecular flexibility index (Phi) is 4.96. The minimum absolute atomic E-state index is 0.138. The number of benzene rings is 3. The summed E-state index contributed by atoms with van der Waals surface area (Å²) in [6.45, 7) is 0. The lowest BCUT2D eigenvalue weighted by atomic mass is 10.0. The summed E-state index contributed by atoms with van der Waals surface area (Å²) in [5.74, 6) is 2.31. The summed E-state index contributed by atoms with van der Waals surface area (Å²) in [7, 11) is 4.72. The second-order valence-corrected chi connectivity index (χ2v) is 6.48. The van der Waals surface area contributed by atoms with Gasteiger partial charge in [-0.25, -0.2) is 0 Å². The zero-order valence-corrected chi connectivity index (χ0v) is 16.4. The molecule has 0 saturated heterocycles. The molecular weight excluding hydrogens is 368 g/mol. The minimum atomic E-state index is -0.138. The maximum atomic E-state index is 12.6. The normalized spacial score (nSPS) is 10.7. The number of fused-ring (bicyclic) bond motifs is 1. The van der Waals surface area contributed by atoms with Gasteiger partial charge in [-0.15, -0.1) is 0 Å². The third-order valence-corrected chi connectivity index (χ3v) is 4.83. The molecule has 29 heavy (non-hydrogen) atoms. The van der Waals surface area contributed by atoms with Gasteiger partial charge < -0.3 is 18.6 Å². The Labute approximate surface area is 168 Å². The van der Waals surface area contributed by atoms with Gasteiger partial charge in [-0.2, -0.15) is 0 Å². The van der Waals surface area contributed by atoms with Crippen LogP contribution >= 0.6 is 0 Å². The zero-order valence-electron chi connectivity index (χ0n) is 16.4. The molecular formula is C24H20O5. The predicted octanol–water partition coefficient (Wildman–Crippen LogP) is 5.15. The van der Waals surface area contributed by atoms with Gasteiger partial charge in [0, 0.05) is 17.7 Å². The van der Waals surface area contributed by atoms with Crippen LogP contribution in [0.5, 0.6) is 17.2 Å². The van der Waals surface area contributed by atoms with Gasteiger partial charge in [0.1, 0.15) is 17.1 Å². The number of methoxy groups -OCH3 is 3. The van der Waals surface area contributed by atoms with E-state index in [1.165, 1.54) is 13.2 Å². The molecule has 0 aliphatic carbocycles. The second-order valence-electron chi connectivity index (χ2n) is 6.48. The molecule has 1 heterocycles. The van der Waals surface area contributed by atoms with Crippen LogP contribution in [0.1, 0.15) is 0 Å². The van der Waals surface area contributed by atoms with Crippen molar-refractivity contribution < 1.29 is 18.6 Å². The predicted molar refractivity (Wildman–Crippen MR) is 113 cm³/mol. The fourth-order valence-electron chi connectivity index (χ4n) is 3.23. The number of rotatable bonds is 5. The summed E-state index contributed by atoms with van der Waals surface area (Å²) in [6.07, 6.45) is 0. The fourth-order valence-corrected chi connectivity index (χ4v) is 3.23. The van der Waals surface area contributed by atoms with Crippen LogP contribution in [0, 0.1) is 0 Å². The third-order valence-electron chi connectivity index (χ3n) is 4.83. The molecule has 0 fully saturated rings. The Morgan fingerprint density at radius 2 is 1.21 bits per heavy atom. The first-order chi connectivity index (χ1) is 14.1. The smallest absolute Gasteiger partial charge is 0.193 e. The molecule has 0 amide bonds. The monoisotopic (exact) mass is 388 g/mol. The van der Waals surface area contributed by atoms with Crippen LogP contribution in [0.4, 0.5) is 0 Å². The molecule has 0 aliphatic rings. The highest BCUT2D eigenvalue weighted by Crippen LogP contribution is 2.33. The Hall–Kier alpha value is -3.73. The molecule has 0 aliphatic heterocycles. The van der Waals surface area contributed by atoms with E-state index >= 15 is 0 Å². The Morgan fingerprint density at radius 1 is 0.655 bits per heavy atom. The molecule has 0 spiro atoms. The second kappa shape index (κ2) is 7.72. The molecule has 0 saturated carbocycles. The maximum absolute atomic E-state index is 12.6. The van der Waals surface area contributed by atoms with E-state index in [2.05, 4.69) is 0 Å². The number of ether oxygens (including phenoxy) is 3. The first-order valence-electron chi connectivity index (χ1n) is 9.07. The van der Waals surface area contributed by atoms with Crippen molar-refractivity contribution >= 4 is 11.0 Å². The van der Waals surface area contributed by atoms with E-state index in [9.17, 15) is 4.79 Å². The first kappa shape index (κ1) is 18.6. The average Bonchev–Trinajstić information content (AvgIpc) is 2.78.